The lowest BCUT2D eigenvalue weighted by Gasteiger charge is -2.29. The van der Waals surface area contributed by atoms with Gasteiger partial charge in [-0.25, -0.2) is 14.6 Å². The van der Waals surface area contributed by atoms with Gasteiger partial charge in [-0.2, -0.15) is 0 Å². The number of methoxy groups -OCH3 is 1. The zero-order valence-electron chi connectivity index (χ0n) is 31.0. The Bertz CT molecular complexity index is 2170. The highest BCUT2D eigenvalue weighted by atomic mass is 16.6. The summed E-state index contributed by atoms with van der Waals surface area (Å²) < 4.78 is 23.8. The first-order valence-electron chi connectivity index (χ1n) is 19.1. The molecule has 4 aliphatic rings. The minimum Gasteiger partial charge on any atom is -0.497 e. The van der Waals surface area contributed by atoms with E-state index in [1.165, 1.54) is 4.90 Å². The van der Waals surface area contributed by atoms with Crippen molar-refractivity contribution in [1.29, 1.82) is 0 Å². The quantitative estimate of drug-likeness (QED) is 0.207. The molecule has 0 radical (unpaired) electrons. The van der Waals surface area contributed by atoms with Crippen LogP contribution in [-0.4, -0.2) is 89.0 Å². The average molecular weight is 761 g/mol. The molecule has 3 aromatic carbocycles. The van der Waals surface area contributed by atoms with Gasteiger partial charge in [0.05, 0.1) is 24.9 Å². The van der Waals surface area contributed by atoms with Gasteiger partial charge in [-0.05, 0) is 61.9 Å². The molecular weight excluding hydrogens is 716 g/mol. The van der Waals surface area contributed by atoms with Gasteiger partial charge in [0.2, 0.25) is 11.8 Å². The number of ether oxygens (including phenoxy) is 4. The Hall–Kier alpha value is -6.11. The maximum absolute atomic E-state index is 14.8. The zero-order valence-corrected chi connectivity index (χ0v) is 31.0. The summed E-state index contributed by atoms with van der Waals surface area (Å²) in [4.78, 5) is 61.4. The van der Waals surface area contributed by atoms with Crippen molar-refractivity contribution >= 4 is 34.8 Å². The molecule has 2 saturated carbocycles. The summed E-state index contributed by atoms with van der Waals surface area (Å²) in [5.74, 6) is -1.11. The lowest BCUT2D eigenvalue weighted by atomic mass is 10.0. The van der Waals surface area contributed by atoms with Gasteiger partial charge in [0, 0.05) is 41.8 Å². The number of fused-ring (bicyclic) bond motifs is 5. The molecule has 0 spiro atoms. The Morgan fingerprint density at radius 2 is 1.82 bits per heavy atom. The number of aromatic nitrogens is 1. The number of benzene rings is 3. The number of rotatable bonds is 7. The fraction of sp³-hybridized carbons (Fsp3) is 0.372. The van der Waals surface area contributed by atoms with Gasteiger partial charge in [-0.3, -0.25) is 9.59 Å². The van der Waals surface area contributed by atoms with Crippen LogP contribution >= 0.6 is 0 Å². The second kappa shape index (κ2) is 15.6. The largest absolute Gasteiger partial charge is 0.497 e. The molecule has 4 aromatic rings. The fourth-order valence-corrected chi connectivity index (χ4v) is 8.07. The number of carbonyl (C=O) groups is 4. The van der Waals surface area contributed by atoms with Crippen molar-refractivity contribution in [1.82, 2.24) is 20.5 Å². The first kappa shape index (κ1) is 36.8. The predicted octanol–water partition coefficient (Wildman–Crippen LogP) is 5.45. The zero-order chi connectivity index (χ0) is 38.8. The van der Waals surface area contributed by atoms with Crippen molar-refractivity contribution in [2.75, 3.05) is 20.3 Å². The van der Waals surface area contributed by atoms with E-state index < -0.39 is 53.5 Å². The van der Waals surface area contributed by atoms with Crippen LogP contribution in [0.5, 0.6) is 17.2 Å². The van der Waals surface area contributed by atoms with Crippen LogP contribution < -0.4 is 24.8 Å². The molecule has 2 aliphatic carbocycles. The summed E-state index contributed by atoms with van der Waals surface area (Å²) in [5.41, 5.74) is 1.35. The average Bonchev–Trinajstić information content (AvgIpc) is 3.46. The molecule has 56 heavy (non-hydrogen) atoms. The summed E-state index contributed by atoms with van der Waals surface area (Å²) >= 11 is 0. The minimum absolute atomic E-state index is 0.0139. The highest BCUT2D eigenvalue weighted by Gasteiger charge is 2.61. The lowest BCUT2D eigenvalue weighted by Crippen LogP contribution is -2.57. The second-order valence-electron chi connectivity index (χ2n) is 14.9. The van der Waals surface area contributed by atoms with Crippen molar-refractivity contribution in [2.45, 2.75) is 74.8 Å². The SMILES string of the molecule is COc1ccc2c(O[C@@H]3C[C@H]4C(=O)N[C@@]5(C(=O)O)CC5/C=C\COc5cccc(c5)C[C@@H](NC(=O)OC5CCCC5)C(=O)N4C3)cc(-c3ccccc3)nc2c1. The predicted molar refractivity (Wildman–Crippen MR) is 205 cm³/mol. The van der Waals surface area contributed by atoms with Crippen LogP contribution in [0, 0.1) is 5.92 Å². The second-order valence-corrected chi connectivity index (χ2v) is 14.9. The summed E-state index contributed by atoms with van der Waals surface area (Å²) in [5, 5.41) is 16.6. The van der Waals surface area contributed by atoms with E-state index in [0.29, 0.717) is 33.8 Å². The third-order valence-corrected chi connectivity index (χ3v) is 11.2. The molecule has 2 aliphatic heterocycles. The van der Waals surface area contributed by atoms with Crippen molar-refractivity contribution in [3.05, 3.63) is 96.6 Å². The van der Waals surface area contributed by atoms with Crippen LogP contribution in [0.4, 0.5) is 4.79 Å². The molecule has 3 fully saturated rings. The number of amides is 3. The van der Waals surface area contributed by atoms with Crippen molar-refractivity contribution in [2.24, 2.45) is 5.92 Å². The van der Waals surface area contributed by atoms with Gasteiger partial charge in [0.1, 0.15) is 53.7 Å². The van der Waals surface area contributed by atoms with E-state index in [-0.39, 0.29) is 38.5 Å². The van der Waals surface area contributed by atoms with Crippen molar-refractivity contribution in [3.63, 3.8) is 0 Å². The maximum Gasteiger partial charge on any atom is 0.408 e. The summed E-state index contributed by atoms with van der Waals surface area (Å²) in [7, 11) is 1.58. The number of aliphatic carboxylic acids is 1. The number of carboxylic acids is 1. The molecule has 1 aromatic heterocycles. The fourth-order valence-electron chi connectivity index (χ4n) is 8.07. The summed E-state index contributed by atoms with van der Waals surface area (Å²) in [6, 6.07) is 22.0. The van der Waals surface area contributed by atoms with Crippen LogP contribution in [0.15, 0.2) is 91.0 Å². The van der Waals surface area contributed by atoms with Crippen molar-refractivity contribution in [3.8, 4) is 28.5 Å². The van der Waals surface area contributed by atoms with Crippen LogP contribution in [0.1, 0.15) is 44.1 Å². The van der Waals surface area contributed by atoms with Crippen LogP contribution in [0.25, 0.3) is 22.2 Å². The molecule has 13 nitrogen and oxygen atoms in total. The molecule has 290 valence electrons. The number of carboxylic acid groups (broad SMARTS) is 1. The van der Waals surface area contributed by atoms with E-state index in [4.69, 9.17) is 23.9 Å². The van der Waals surface area contributed by atoms with Crippen LogP contribution in [0.2, 0.25) is 0 Å². The molecule has 3 amide bonds. The molecule has 8 rings (SSSR count). The topological polar surface area (TPSA) is 166 Å². The van der Waals surface area contributed by atoms with E-state index in [9.17, 15) is 24.3 Å². The van der Waals surface area contributed by atoms with E-state index >= 15 is 0 Å². The first-order chi connectivity index (χ1) is 27.2. The molecule has 13 heteroatoms. The smallest absolute Gasteiger partial charge is 0.408 e. The Balaban J connectivity index is 1.15. The summed E-state index contributed by atoms with van der Waals surface area (Å²) in [6.07, 6.45) is 5.61. The number of nitrogens with one attached hydrogen (secondary N) is 2. The number of hydrogen-bond donors (Lipinski definition) is 3. The highest BCUT2D eigenvalue weighted by Crippen LogP contribution is 2.45. The Labute approximate surface area is 324 Å². The number of pyridine rings is 1. The number of carbonyl (C=O) groups excluding carboxylic acids is 3. The van der Waals surface area contributed by atoms with Gasteiger partial charge in [-0.15, -0.1) is 0 Å². The molecule has 5 atom stereocenters. The summed E-state index contributed by atoms with van der Waals surface area (Å²) in [6.45, 7) is 0.162. The van der Waals surface area contributed by atoms with E-state index in [2.05, 4.69) is 10.6 Å². The van der Waals surface area contributed by atoms with E-state index in [1.54, 1.807) is 37.5 Å². The molecule has 3 N–H and O–H groups in total. The van der Waals surface area contributed by atoms with Gasteiger partial charge in [-0.1, -0.05) is 54.6 Å². The third kappa shape index (κ3) is 7.71. The Morgan fingerprint density at radius 3 is 2.61 bits per heavy atom. The van der Waals surface area contributed by atoms with E-state index in [1.807, 2.05) is 60.7 Å². The number of alkyl carbamates (subject to hydrolysis) is 1. The number of nitrogens with zero attached hydrogens (tertiary/aromatic N) is 2. The van der Waals surface area contributed by atoms with Crippen LogP contribution in [-0.2, 0) is 25.5 Å². The lowest BCUT2D eigenvalue weighted by molar-refractivity contribution is -0.145. The molecule has 2 bridgehead atoms. The van der Waals surface area contributed by atoms with Gasteiger partial charge >= 0.3 is 12.1 Å². The highest BCUT2D eigenvalue weighted by molar-refractivity contribution is 5.96. The normalized spacial score (nSPS) is 25.6. The van der Waals surface area contributed by atoms with Gasteiger partial charge in [0.15, 0.2) is 0 Å². The molecule has 3 heterocycles. The Kier molecular flexibility index (Phi) is 10.2. The maximum atomic E-state index is 14.8. The number of hydrogen-bond acceptors (Lipinski definition) is 9. The third-order valence-electron chi connectivity index (χ3n) is 11.2. The minimum atomic E-state index is -1.54. The van der Waals surface area contributed by atoms with Gasteiger partial charge in [0.25, 0.3) is 0 Å². The molecule has 1 unspecified atom stereocenters. The van der Waals surface area contributed by atoms with E-state index in [0.717, 1.165) is 36.8 Å². The first-order valence-corrected chi connectivity index (χ1v) is 19.1. The van der Waals surface area contributed by atoms with Crippen LogP contribution in [0.3, 0.4) is 0 Å². The standard InChI is InChI=1S/C43H44N4O9/c1-53-30-16-17-33-35(21-30)44-34(27-10-3-2-4-11-27)23-38(33)55-32-22-37-39(48)46-43(41(50)51)24-28(43)12-8-18-54-31-15-7-9-26(19-31)20-36(40(49)47(37)25-32)45-42(52)56-29-13-5-6-14-29/h2-4,7-12,15-17,19,21,23,28-29,32,36-37H,5-6,13-14,18,20,22,24-25H2,1H3,(H,45,52)(H,46,48)(H,50,51)/b12-8-/t28?,32-,36-,37+,43+/m1/s1. The molecular formula is C43H44N4O9. The van der Waals surface area contributed by atoms with Crippen molar-refractivity contribution < 1.29 is 43.2 Å². The molecule has 1 saturated heterocycles. The monoisotopic (exact) mass is 760 g/mol. The Morgan fingerprint density at radius 1 is 1.00 bits per heavy atom. The van der Waals surface area contributed by atoms with Gasteiger partial charge < -0.3 is 39.6 Å².